The summed E-state index contributed by atoms with van der Waals surface area (Å²) in [6.45, 7) is 6.95. The summed E-state index contributed by atoms with van der Waals surface area (Å²) in [5, 5.41) is 9.00. The Kier molecular flexibility index (Phi) is 5.64. The Morgan fingerprint density at radius 2 is 1.35 bits per heavy atom. The minimum absolute atomic E-state index is 0.322. The first-order valence-corrected chi connectivity index (χ1v) is 9.58. The Balaban J connectivity index is 1.66. The molecule has 3 aromatic carbocycles. The van der Waals surface area contributed by atoms with Crippen molar-refractivity contribution in [2.24, 2.45) is 0 Å². The van der Waals surface area contributed by atoms with E-state index in [1.165, 1.54) is 6.08 Å². The van der Waals surface area contributed by atoms with Gasteiger partial charge in [0.15, 0.2) is 0 Å². The van der Waals surface area contributed by atoms with Crippen LogP contribution in [-0.4, -0.2) is 11.1 Å². The highest BCUT2D eigenvalue weighted by Gasteiger charge is 2.13. The maximum atomic E-state index is 11.0. The number of hydrogen-bond acceptors (Lipinski definition) is 3. The van der Waals surface area contributed by atoms with Crippen molar-refractivity contribution < 1.29 is 14.3 Å². The van der Waals surface area contributed by atoms with Crippen molar-refractivity contribution in [1.82, 2.24) is 0 Å². The quantitative estimate of drug-likeness (QED) is 0.284. The van der Waals surface area contributed by atoms with Crippen LogP contribution in [0.2, 0.25) is 0 Å². The molecule has 0 aliphatic carbocycles. The second-order valence-corrected chi connectivity index (χ2v) is 6.70. The molecule has 0 radical (unpaired) electrons. The van der Waals surface area contributed by atoms with Crippen LogP contribution >= 0.6 is 0 Å². The summed E-state index contributed by atoms with van der Waals surface area (Å²) in [5.74, 6) is -0.361. The third-order valence-corrected chi connectivity index (χ3v) is 4.68. The Labute approximate surface area is 179 Å². The van der Waals surface area contributed by atoms with Crippen LogP contribution < -0.4 is 4.90 Å². The molecule has 0 fully saturated rings. The Bertz CT molecular complexity index is 1210. The van der Waals surface area contributed by atoms with Gasteiger partial charge in [0.2, 0.25) is 0 Å². The highest BCUT2D eigenvalue weighted by molar-refractivity contribution is 5.93. The van der Waals surface area contributed by atoms with Gasteiger partial charge >= 0.3 is 5.97 Å². The van der Waals surface area contributed by atoms with Gasteiger partial charge in [-0.2, -0.15) is 0 Å². The van der Waals surface area contributed by atoms with E-state index in [1.54, 1.807) is 12.1 Å². The lowest BCUT2D eigenvalue weighted by molar-refractivity contribution is -0.132. The lowest BCUT2D eigenvalue weighted by atomic mass is 10.1. The summed E-state index contributed by atoms with van der Waals surface area (Å²) < 4.78 is 5.73. The SMILES string of the molecule is [C-]#[N+]/C(=C\c1ccc(-c2ccc(N(c3ccccc3)c3ccccc3)cc2)o1)C(=O)O. The van der Waals surface area contributed by atoms with Gasteiger partial charge in [0.05, 0.1) is 6.57 Å². The number of anilines is 3. The molecule has 31 heavy (non-hydrogen) atoms. The zero-order chi connectivity index (χ0) is 21.6. The first-order chi connectivity index (χ1) is 15.2. The van der Waals surface area contributed by atoms with Crippen LogP contribution in [0.15, 0.2) is 107 Å². The van der Waals surface area contributed by atoms with Gasteiger partial charge < -0.3 is 14.4 Å². The third-order valence-electron chi connectivity index (χ3n) is 4.68. The first-order valence-electron chi connectivity index (χ1n) is 9.58. The first kappa shape index (κ1) is 19.7. The molecule has 0 saturated heterocycles. The van der Waals surface area contributed by atoms with E-state index in [4.69, 9.17) is 16.1 Å². The molecule has 4 rings (SSSR count). The molecule has 0 bridgehead atoms. The van der Waals surface area contributed by atoms with Crippen molar-refractivity contribution in [3.8, 4) is 11.3 Å². The fourth-order valence-electron chi connectivity index (χ4n) is 3.24. The summed E-state index contributed by atoms with van der Waals surface area (Å²) in [6.07, 6.45) is 1.22. The van der Waals surface area contributed by atoms with Crippen LogP contribution in [0.5, 0.6) is 0 Å². The number of hydrogen-bond donors (Lipinski definition) is 1. The van der Waals surface area contributed by atoms with Gasteiger partial charge in [-0.25, -0.2) is 4.85 Å². The van der Waals surface area contributed by atoms with Gasteiger partial charge in [-0.15, -0.1) is 0 Å². The number of rotatable bonds is 6. The highest BCUT2D eigenvalue weighted by Crippen LogP contribution is 2.35. The van der Waals surface area contributed by atoms with Gasteiger partial charge in [-0.05, 0) is 66.7 Å². The van der Waals surface area contributed by atoms with Gasteiger partial charge in [0, 0.05) is 22.6 Å². The summed E-state index contributed by atoms with van der Waals surface area (Å²) >= 11 is 0. The molecule has 0 aliphatic rings. The zero-order valence-corrected chi connectivity index (χ0v) is 16.5. The summed E-state index contributed by atoms with van der Waals surface area (Å²) in [7, 11) is 0. The number of aliphatic carboxylic acids is 1. The van der Waals surface area contributed by atoms with E-state index < -0.39 is 11.7 Å². The average molecular weight is 406 g/mol. The predicted molar refractivity (Wildman–Crippen MR) is 121 cm³/mol. The molecule has 0 spiro atoms. The second-order valence-electron chi connectivity index (χ2n) is 6.70. The summed E-state index contributed by atoms with van der Waals surface area (Å²) in [6, 6.07) is 31.6. The van der Waals surface area contributed by atoms with Crippen molar-refractivity contribution in [2.75, 3.05) is 4.90 Å². The number of furan rings is 1. The van der Waals surface area contributed by atoms with E-state index in [1.807, 2.05) is 60.7 Å². The standard InChI is InChI=1S/C26H18N2O3/c1-27-24(26(29)30)18-23-16-17-25(31-23)19-12-14-22(15-13-19)28(20-8-4-2-5-9-20)21-10-6-3-7-11-21/h2-18H,(H,29,30)/b24-18-. The highest BCUT2D eigenvalue weighted by atomic mass is 16.4. The van der Waals surface area contributed by atoms with E-state index in [0.29, 0.717) is 11.5 Å². The number of benzene rings is 3. The minimum Gasteiger partial charge on any atom is -0.486 e. The summed E-state index contributed by atoms with van der Waals surface area (Å²) in [5.41, 5.74) is 3.55. The molecule has 0 saturated carbocycles. The number of para-hydroxylation sites is 2. The second kappa shape index (κ2) is 8.85. The average Bonchev–Trinajstić information content (AvgIpc) is 3.28. The summed E-state index contributed by atoms with van der Waals surface area (Å²) in [4.78, 5) is 16.2. The minimum atomic E-state index is -1.28. The Morgan fingerprint density at radius 1 is 0.806 bits per heavy atom. The lowest BCUT2D eigenvalue weighted by Gasteiger charge is -2.25. The van der Waals surface area contributed by atoms with Crippen LogP contribution in [0.4, 0.5) is 17.1 Å². The molecule has 1 N–H and O–H groups in total. The van der Waals surface area contributed by atoms with E-state index in [2.05, 4.69) is 34.0 Å². The monoisotopic (exact) mass is 406 g/mol. The number of carbonyl (C=O) groups is 1. The van der Waals surface area contributed by atoms with Crippen LogP contribution in [0, 0.1) is 6.57 Å². The number of carboxylic acids is 1. The molecule has 1 heterocycles. The van der Waals surface area contributed by atoms with E-state index >= 15 is 0 Å². The van der Waals surface area contributed by atoms with Crippen LogP contribution in [-0.2, 0) is 4.79 Å². The molecule has 0 amide bonds. The molecule has 1 aromatic heterocycles. The largest absolute Gasteiger partial charge is 0.486 e. The molecular weight excluding hydrogens is 388 g/mol. The van der Waals surface area contributed by atoms with Gasteiger partial charge in [-0.3, -0.25) is 4.79 Å². The van der Waals surface area contributed by atoms with Crippen molar-refractivity contribution in [1.29, 1.82) is 0 Å². The van der Waals surface area contributed by atoms with Crippen molar-refractivity contribution in [2.45, 2.75) is 0 Å². The van der Waals surface area contributed by atoms with E-state index in [0.717, 1.165) is 22.6 Å². The number of carboxylic acid groups (broad SMARTS) is 1. The van der Waals surface area contributed by atoms with Crippen molar-refractivity contribution >= 4 is 29.1 Å². The van der Waals surface area contributed by atoms with Gasteiger partial charge in [0.1, 0.15) is 11.5 Å². The molecular formula is C26H18N2O3. The molecule has 0 atom stereocenters. The Hall–Kier alpha value is -4.56. The smallest absolute Gasteiger partial charge is 0.333 e. The van der Waals surface area contributed by atoms with Crippen LogP contribution in [0.3, 0.4) is 0 Å². The molecule has 4 aromatic rings. The third kappa shape index (κ3) is 4.39. The number of nitrogens with zero attached hydrogens (tertiary/aromatic N) is 2. The van der Waals surface area contributed by atoms with E-state index in [-0.39, 0.29) is 0 Å². The van der Waals surface area contributed by atoms with Crippen LogP contribution in [0.25, 0.3) is 22.2 Å². The van der Waals surface area contributed by atoms with Gasteiger partial charge in [-0.1, -0.05) is 36.4 Å². The van der Waals surface area contributed by atoms with Crippen molar-refractivity contribution in [3.05, 3.63) is 120 Å². The predicted octanol–water partition coefficient (Wildman–Crippen LogP) is 6.76. The van der Waals surface area contributed by atoms with Crippen molar-refractivity contribution in [3.63, 3.8) is 0 Å². The zero-order valence-electron chi connectivity index (χ0n) is 16.5. The molecule has 0 aliphatic heterocycles. The lowest BCUT2D eigenvalue weighted by Crippen LogP contribution is -2.09. The fraction of sp³-hybridized carbons (Fsp3) is 0. The molecule has 5 nitrogen and oxygen atoms in total. The maximum Gasteiger partial charge on any atom is 0.333 e. The fourth-order valence-corrected chi connectivity index (χ4v) is 3.24. The Morgan fingerprint density at radius 3 is 1.87 bits per heavy atom. The van der Waals surface area contributed by atoms with Gasteiger partial charge in [0.25, 0.3) is 5.70 Å². The molecule has 5 heteroatoms. The normalized spacial score (nSPS) is 11.0. The topological polar surface area (TPSA) is 58.0 Å². The van der Waals surface area contributed by atoms with Crippen LogP contribution in [0.1, 0.15) is 5.76 Å². The molecule has 0 unspecified atom stereocenters. The molecule has 150 valence electrons. The maximum absolute atomic E-state index is 11.0. The van der Waals surface area contributed by atoms with E-state index in [9.17, 15) is 4.79 Å².